The van der Waals surface area contributed by atoms with Crippen molar-refractivity contribution in [3.63, 3.8) is 0 Å². The highest BCUT2D eigenvalue weighted by Gasteiger charge is 2.29. The fraction of sp³-hybridized carbons (Fsp3) is 0.714. The van der Waals surface area contributed by atoms with Gasteiger partial charge in [-0.1, -0.05) is 19.8 Å². The SMILES string of the molecule is CCOc1nc(C)nc(NC2CCCCC2C)c1[N+](=O)[O-]. The zero-order valence-electron chi connectivity index (χ0n) is 12.8. The molecule has 1 aromatic rings. The van der Waals surface area contributed by atoms with Gasteiger partial charge in [-0.05, 0) is 32.6 Å². The summed E-state index contributed by atoms with van der Waals surface area (Å²) in [5.41, 5.74) is -0.166. The molecule has 1 aliphatic carbocycles. The van der Waals surface area contributed by atoms with Gasteiger partial charge in [0.2, 0.25) is 5.82 Å². The third-order valence-electron chi connectivity index (χ3n) is 3.86. The molecule has 7 nitrogen and oxygen atoms in total. The number of nitro groups is 1. The van der Waals surface area contributed by atoms with E-state index in [2.05, 4.69) is 22.2 Å². The molecule has 21 heavy (non-hydrogen) atoms. The molecule has 0 amide bonds. The van der Waals surface area contributed by atoms with Gasteiger partial charge in [0.1, 0.15) is 5.82 Å². The molecular formula is C14H22N4O3. The number of nitrogens with one attached hydrogen (secondary N) is 1. The minimum atomic E-state index is -0.472. The Kier molecular flexibility index (Phi) is 4.93. The molecule has 0 spiro atoms. The highest BCUT2D eigenvalue weighted by atomic mass is 16.6. The Balaban J connectivity index is 2.34. The minimum Gasteiger partial charge on any atom is -0.473 e. The topological polar surface area (TPSA) is 90.2 Å². The smallest absolute Gasteiger partial charge is 0.372 e. The Labute approximate surface area is 124 Å². The third-order valence-corrected chi connectivity index (χ3v) is 3.86. The average molecular weight is 294 g/mol. The van der Waals surface area contributed by atoms with Crippen LogP contribution in [0.2, 0.25) is 0 Å². The standard InChI is InChI=1S/C14H22N4O3/c1-4-21-14-12(18(19)20)13(15-10(3)16-14)17-11-8-6-5-7-9(11)2/h9,11H,4-8H2,1-3H3,(H,15,16,17). The van der Waals surface area contributed by atoms with E-state index in [1.165, 1.54) is 6.42 Å². The Bertz CT molecular complexity index is 521. The summed E-state index contributed by atoms with van der Waals surface area (Å²) in [4.78, 5) is 19.1. The normalized spacial score (nSPS) is 21.9. The monoisotopic (exact) mass is 294 g/mol. The summed E-state index contributed by atoms with van der Waals surface area (Å²) in [5, 5.41) is 14.6. The lowest BCUT2D eigenvalue weighted by molar-refractivity contribution is -0.385. The molecule has 1 heterocycles. The Morgan fingerprint density at radius 2 is 2.10 bits per heavy atom. The molecule has 116 valence electrons. The molecule has 0 aromatic carbocycles. The van der Waals surface area contributed by atoms with Gasteiger partial charge >= 0.3 is 5.69 Å². The minimum absolute atomic E-state index is 0.0426. The van der Waals surface area contributed by atoms with Crippen molar-refractivity contribution in [1.82, 2.24) is 9.97 Å². The van der Waals surface area contributed by atoms with Crippen molar-refractivity contribution in [2.75, 3.05) is 11.9 Å². The zero-order valence-corrected chi connectivity index (χ0v) is 12.8. The van der Waals surface area contributed by atoms with E-state index in [9.17, 15) is 10.1 Å². The van der Waals surface area contributed by atoms with E-state index in [1.54, 1.807) is 13.8 Å². The highest BCUT2D eigenvalue weighted by molar-refractivity contribution is 5.62. The van der Waals surface area contributed by atoms with Crippen LogP contribution in [0.25, 0.3) is 0 Å². The van der Waals surface area contributed by atoms with E-state index < -0.39 is 4.92 Å². The lowest BCUT2D eigenvalue weighted by Crippen LogP contribution is -2.31. The van der Waals surface area contributed by atoms with Gasteiger partial charge < -0.3 is 10.1 Å². The van der Waals surface area contributed by atoms with Crippen molar-refractivity contribution in [2.24, 2.45) is 5.92 Å². The van der Waals surface area contributed by atoms with Gasteiger partial charge in [-0.15, -0.1) is 0 Å². The number of ether oxygens (including phenoxy) is 1. The van der Waals surface area contributed by atoms with Crippen LogP contribution < -0.4 is 10.1 Å². The number of aromatic nitrogens is 2. The van der Waals surface area contributed by atoms with Crippen molar-refractivity contribution in [3.8, 4) is 5.88 Å². The van der Waals surface area contributed by atoms with Crippen molar-refractivity contribution in [3.05, 3.63) is 15.9 Å². The molecule has 0 aliphatic heterocycles. The summed E-state index contributed by atoms with van der Waals surface area (Å²) in [6, 6.07) is 0.209. The van der Waals surface area contributed by atoms with Gasteiger partial charge in [0.15, 0.2) is 0 Å². The molecule has 0 bridgehead atoms. The van der Waals surface area contributed by atoms with Crippen LogP contribution in [0.15, 0.2) is 0 Å². The first-order chi connectivity index (χ1) is 10.0. The predicted octanol–water partition coefficient (Wildman–Crippen LogP) is 3.08. The van der Waals surface area contributed by atoms with Gasteiger partial charge in [0.25, 0.3) is 5.88 Å². The first-order valence-corrected chi connectivity index (χ1v) is 7.45. The molecule has 1 N–H and O–H groups in total. The fourth-order valence-electron chi connectivity index (χ4n) is 2.75. The Morgan fingerprint density at radius 1 is 1.38 bits per heavy atom. The van der Waals surface area contributed by atoms with Gasteiger partial charge in [0.05, 0.1) is 11.5 Å². The van der Waals surface area contributed by atoms with Gasteiger partial charge in [-0.25, -0.2) is 4.98 Å². The molecule has 0 radical (unpaired) electrons. The highest BCUT2D eigenvalue weighted by Crippen LogP contribution is 2.34. The molecule has 1 aromatic heterocycles. The lowest BCUT2D eigenvalue weighted by Gasteiger charge is -2.29. The largest absolute Gasteiger partial charge is 0.473 e. The van der Waals surface area contributed by atoms with Crippen LogP contribution in [0.5, 0.6) is 5.88 Å². The number of hydrogen-bond donors (Lipinski definition) is 1. The first kappa shape index (κ1) is 15.5. The second kappa shape index (κ2) is 6.69. The second-order valence-electron chi connectivity index (χ2n) is 5.48. The van der Waals surface area contributed by atoms with Crippen molar-refractivity contribution in [1.29, 1.82) is 0 Å². The maximum Gasteiger partial charge on any atom is 0.372 e. The predicted molar refractivity (Wildman–Crippen MR) is 79.6 cm³/mol. The van der Waals surface area contributed by atoms with Crippen LogP contribution in [0, 0.1) is 23.0 Å². The number of aryl methyl sites for hydroxylation is 1. The summed E-state index contributed by atoms with van der Waals surface area (Å²) in [7, 11) is 0. The quantitative estimate of drug-likeness (QED) is 0.663. The van der Waals surface area contributed by atoms with Crippen LogP contribution in [-0.4, -0.2) is 27.5 Å². The van der Waals surface area contributed by atoms with Crippen LogP contribution in [0.3, 0.4) is 0 Å². The van der Waals surface area contributed by atoms with Crippen LogP contribution in [-0.2, 0) is 0 Å². The Morgan fingerprint density at radius 3 is 2.71 bits per heavy atom. The van der Waals surface area contributed by atoms with E-state index in [4.69, 9.17) is 4.74 Å². The maximum absolute atomic E-state index is 11.4. The van der Waals surface area contributed by atoms with E-state index in [0.29, 0.717) is 18.3 Å². The molecule has 2 atom stereocenters. The number of anilines is 1. The molecule has 2 rings (SSSR count). The van der Waals surface area contributed by atoms with E-state index in [-0.39, 0.29) is 23.4 Å². The molecule has 0 saturated heterocycles. The summed E-state index contributed by atoms with van der Waals surface area (Å²) < 4.78 is 5.30. The second-order valence-corrected chi connectivity index (χ2v) is 5.48. The molecule has 1 aliphatic rings. The van der Waals surface area contributed by atoms with Crippen molar-refractivity contribution < 1.29 is 9.66 Å². The number of nitrogens with zero attached hydrogens (tertiary/aromatic N) is 3. The van der Waals surface area contributed by atoms with E-state index >= 15 is 0 Å². The summed E-state index contributed by atoms with van der Waals surface area (Å²) in [6.45, 7) is 5.98. The van der Waals surface area contributed by atoms with Crippen molar-refractivity contribution >= 4 is 11.5 Å². The summed E-state index contributed by atoms with van der Waals surface area (Å²) in [5.74, 6) is 1.26. The maximum atomic E-state index is 11.4. The lowest BCUT2D eigenvalue weighted by atomic mass is 9.86. The number of hydrogen-bond acceptors (Lipinski definition) is 6. The molecular weight excluding hydrogens is 272 g/mol. The summed E-state index contributed by atoms with van der Waals surface area (Å²) in [6.07, 6.45) is 4.49. The molecule has 7 heteroatoms. The van der Waals surface area contributed by atoms with E-state index in [1.807, 2.05) is 0 Å². The first-order valence-electron chi connectivity index (χ1n) is 7.45. The van der Waals surface area contributed by atoms with Gasteiger partial charge in [-0.3, -0.25) is 10.1 Å². The van der Waals surface area contributed by atoms with E-state index in [0.717, 1.165) is 19.3 Å². The average Bonchev–Trinajstić information content (AvgIpc) is 2.41. The third kappa shape index (κ3) is 3.59. The van der Waals surface area contributed by atoms with Crippen LogP contribution >= 0.6 is 0 Å². The van der Waals surface area contributed by atoms with Crippen molar-refractivity contribution in [2.45, 2.75) is 52.5 Å². The Hall–Kier alpha value is -1.92. The fourth-order valence-corrected chi connectivity index (χ4v) is 2.75. The van der Waals surface area contributed by atoms with Crippen LogP contribution in [0.1, 0.15) is 45.4 Å². The van der Waals surface area contributed by atoms with Crippen LogP contribution in [0.4, 0.5) is 11.5 Å². The van der Waals surface area contributed by atoms with Gasteiger partial charge in [-0.2, -0.15) is 4.98 Å². The number of rotatable bonds is 5. The summed E-state index contributed by atoms with van der Waals surface area (Å²) >= 11 is 0. The molecule has 1 saturated carbocycles. The molecule has 2 unspecified atom stereocenters. The zero-order chi connectivity index (χ0) is 15.4. The van der Waals surface area contributed by atoms with Gasteiger partial charge in [0, 0.05) is 6.04 Å². The molecule has 1 fully saturated rings.